The van der Waals surface area contributed by atoms with Crippen LogP contribution in [0.25, 0.3) is 0 Å². The van der Waals surface area contributed by atoms with E-state index in [1.807, 2.05) is 19.1 Å². The first-order valence-corrected chi connectivity index (χ1v) is 19.1. The fourth-order valence-corrected chi connectivity index (χ4v) is 8.05. The van der Waals surface area contributed by atoms with Crippen molar-refractivity contribution in [2.45, 2.75) is 207 Å². The van der Waals surface area contributed by atoms with Crippen LogP contribution < -0.4 is 0 Å². The van der Waals surface area contributed by atoms with Crippen LogP contribution in [0.4, 0.5) is 0 Å². The predicted molar refractivity (Wildman–Crippen MR) is 208 cm³/mol. The third-order valence-corrected chi connectivity index (χ3v) is 11.5. The summed E-state index contributed by atoms with van der Waals surface area (Å²) in [6.07, 6.45) is 3.53. The van der Waals surface area contributed by atoms with Crippen molar-refractivity contribution >= 4 is 11.9 Å². The molecule has 1 fully saturated rings. The lowest BCUT2D eigenvalue weighted by Crippen LogP contribution is -2.60. The van der Waals surface area contributed by atoms with Crippen molar-refractivity contribution in [1.82, 2.24) is 9.80 Å². The topological polar surface area (TPSA) is 79.3 Å². The van der Waals surface area contributed by atoms with Crippen LogP contribution in [0.5, 0.6) is 5.75 Å². The summed E-state index contributed by atoms with van der Waals surface area (Å²) in [5.41, 5.74) is 1.03. The number of hydrogen-bond acceptors (Lipinski definition) is 7. The number of carbonyl (C=O) groups excluding carboxylic acids is 2. The van der Waals surface area contributed by atoms with Gasteiger partial charge in [0, 0.05) is 47.3 Å². The highest BCUT2D eigenvalue weighted by Crippen LogP contribution is 2.45. The first-order valence-electron chi connectivity index (χ1n) is 19.1. The number of likely N-dealkylation sites (tertiary alicyclic amines) is 1. The van der Waals surface area contributed by atoms with Gasteiger partial charge in [0.25, 0.3) is 0 Å². The van der Waals surface area contributed by atoms with Crippen LogP contribution in [0.15, 0.2) is 12.1 Å². The quantitative estimate of drug-likeness (QED) is 0.172. The van der Waals surface area contributed by atoms with Gasteiger partial charge in [0.2, 0.25) is 0 Å². The Kier molecular flexibility index (Phi) is 13.6. The monoisotopic (exact) mass is 701 g/mol. The summed E-state index contributed by atoms with van der Waals surface area (Å²) in [7, 11) is 4.23. The van der Waals surface area contributed by atoms with Gasteiger partial charge in [-0.15, -0.1) is 0 Å². The van der Waals surface area contributed by atoms with E-state index in [4.69, 9.17) is 9.47 Å². The lowest BCUT2D eigenvalue weighted by molar-refractivity contribution is -0.175. The molecule has 0 spiro atoms. The second-order valence-corrected chi connectivity index (χ2v) is 20.3. The fourth-order valence-electron chi connectivity index (χ4n) is 8.05. The third-order valence-electron chi connectivity index (χ3n) is 11.5. The average molecular weight is 701 g/mol. The summed E-state index contributed by atoms with van der Waals surface area (Å²) in [4.78, 5) is 34.0. The largest absolute Gasteiger partial charge is 0.507 e. The molecule has 1 heterocycles. The molecule has 0 aliphatic carbocycles. The van der Waals surface area contributed by atoms with Gasteiger partial charge >= 0.3 is 11.9 Å². The van der Waals surface area contributed by atoms with E-state index in [1.165, 1.54) is 0 Å². The lowest BCUT2D eigenvalue weighted by Gasteiger charge is -2.53. The van der Waals surface area contributed by atoms with Gasteiger partial charge in [0.05, 0.1) is 0 Å². The van der Waals surface area contributed by atoms with E-state index in [0.717, 1.165) is 29.5 Å². The number of unbranched alkanes of at least 4 members (excludes halogenated alkanes) is 1. The molecular formula is C43H76N2O5. The van der Waals surface area contributed by atoms with Crippen molar-refractivity contribution < 1.29 is 24.2 Å². The molecule has 1 aromatic carbocycles. The van der Waals surface area contributed by atoms with Crippen molar-refractivity contribution in [3.8, 4) is 5.75 Å². The molecule has 1 aromatic rings. The van der Waals surface area contributed by atoms with E-state index in [2.05, 4.69) is 135 Å². The molecule has 0 bridgehead atoms. The minimum Gasteiger partial charge on any atom is -0.507 e. The Hall–Kier alpha value is -2.12. The number of aromatic hydroxyl groups is 1. The van der Waals surface area contributed by atoms with E-state index in [0.29, 0.717) is 25.7 Å². The highest BCUT2D eigenvalue weighted by molar-refractivity contribution is 5.96. The van der Waals surface area contributed by atoms with Crippen LogP contribution in [0.3, 0.4) is 0 Å². The molecule has 3 unspecified atom stereocenters. The van der Waals surface area contributed by atoms with Gasteiger partial charge in [0.1, 0.15) is 18.0 Å². The summed E-state index contributed by atoms with van der Waals surface area (Å²) < 4.78 is 12.7. The van der Waals surface area contributed by atoms with Crippen molar-refractivity contribution in [2.24, 2.45) is 5.92 Å². The number of nitrogens with zero attached hydrogens (tertiary/aromatic N) is 2. The van der Waals surface area contributed by atoms with Crippen molar-refractivity contribution in [3.05, 3.63) is 28.8 Å². The van der Waals surface area contributed by atoms with Crippen LogP contribution >= 0.6 is 0 Å². The molecule has 2 rings (SSSR count). The predicted octanol–water partition coefficient (Wildman–Crippen LogP) is 9.90. The van der Waals surface area contributed by atoms with Gasteiger partial charge < -0.3 is 14.6 Å². The Bertz CT molecular complexity index is 1270. The molecule has 3 atom stereocenters. The highest BCUT2D eigenvalue weighted by Gasteiger charge is 2.47. The summed E-state index contributed by atoms with van der Waals surface area (Å²) in [5, 5.41) is 11.6. The number of piperidine rings is 1. The van der Waals surface area contributed by atoms with Crippen LogP contribution in [0.1, 0.15) is 179 Å². The minimum absolute atomic E-state index is 0.0746. The summed E-state index contributed by atoms with van der Waals surface area (Å²) in [6, 6.07) is 4.04. The highest BCUT2D eigenvalue weighted by atomic mass is 16.6. The molecule has 1 N–H and O–H groups in total. The molecule has 7 heteroatoms. The Balaban J connectivity index is 2.74. The molecule has 1 aliphatic heterocycles. The van der Waals surface area contributed by atoms with Crippen molar-refractivity contribution in [1.29, 1.82) is 0 Å². The Morgan fingerprint density at radius 3 is 1.76 bits per heavy atom. The number of carbonyl (C=O) groups is 2. The average Bonchev–Trinajstić information content (AvgIpc) is 2.91. The van der Waals surface area contributed by atoms with Crippen LogP contribution in [-0.4, -0.2) is 75.3 Å². The Morgan fingerprint density at radius 2 is 1.36 bits per heavy atom. The molecule has 0 radical (unpaired) electrons. The van der Waals surface area contributed by atoms with Gasteiger partial charge in [-0.1, -0.05) is 73.4 Å². The van der Waals surface area contributed by atoms with Gasteiger partial charge in [-0.2, -0.15) is 0 Å². The molecule has 0 saturated carbocycles. The zero-order valence-electron chi connectivity index (χ0n) is 35.7. The Labute approximate surface area is 307 Å². The fraction of sp³-hybridized carbons (Fsp3) is 0.814. The van der Waals surface area contributed by atoms with E-state index in [9.17, 15) is 14.7 Å². The molecule has 0 aromatic heterocycles. The van der Waals surface area contributed by atoms with E-state index >= 15 is 0 Å². The van der Waals surface area contributed by atoms with Crippen LogP contribution in [0.2, 0.25) is 0 Å². The third kappa shape index (κ3) is 10.7. The number of phenolic OH excluding ortho intramolecular Hbond substituents is 1. The SMILES string of the molecule is CCCCC(c1cc(C(C)(C)C)c(O)c(C(C)(C)C)c1)C(C(=O)OC(C)CC(C)(C)N(C)C(C)(C)C)C(=O)OC1CC(C)(C)N(C)C(C)(C)C1. The molecule has 7 nitrogen and oxygen atoms in total. The smallest absolute Gasteiger partial charge is 0.321 e. The summed E-state index contributed by atoms with van der Waals surface area (Å²) in [5.74, 6) is -2.41. The number of hydrogen-bond donors (Lipinski definition) is 1. The Morgan fingerprint density at radius 1 is 0.900 bits per heavy atom. The van der Waals surface area contributed by atoms with Gasteiger partial charge in [0.15, 0.2) is 5.92 Å². The molecular weight excluding hydrogens is 624 g/mol. The summed E-state index contributed by atoms with van der Waals surface area (Å²) in [6.45, 7) is 36.2. The maximum atomic E-state index is 14.7. The zero-order valence-corrected chi connectivity index (χ0v) is 35.7. The van der Waals surface area contributed by atoms with E-state index in [-0.39, 0.29) is 44.8 Å². The molecule has 50 heavy (non-hydrogen) atoms. The minimum atomic E-state index is -1.15. The van der Waals surface area contributed by atoms with Crippen molar-refractivity contribution in [2.75, 3.05) is 14.1 Å². The van der Waals surface area contributed by atoms with Crippen molar-refractivity contribution in [3.63, 3.8) is 0 Å². The molecule has 1 saturated heterocycles. The molecule has 1 aliphatic rings. The van der Waals surface area contributed by atoms with E-state index in [1.54, 1.807) is 0 Å². The summed E-state index contributed by atoms with van der Waals surface area (Å²) >= 11 is 0. The number of rotatable bonds is 12. The second-order valence-electron chi connectivity index (χ2n) is 20.3. The maximum absolute atomic E-state index is 14.7. The second kappa shape index (κ2) is 15.5. The first-order chi connectivity index (χ1) is 22.4. The number of benzene rings is 1. The van der Waals surface area contributed by atoms with Gasteiger partial charge in [-0.05, 0) is 117 Å². The van der Waals surface area contributed by atoms with E-state index < -0.39 is 29.9 Å². The normalized spacial score (nSPS) is 19.6. The van der Waals surface area contributed by atoms with Crippen LogP contribution in [0, 0.1) is 5.92 Å². The number of esters is 2. The molecule has 0 amide bonds. The van der Waals surface area contributed by atoms with Gasteiger partial charge in [-0.3, -0.25) is 19.4 Å². The zero-order chi connectivity index (χ0) is 39.0. The number of ether oxygens (including phenoxy) is 2. The van der Waals surface area contributed by atoms with Crippen LogP contribution in [-0.2, 0) is 29.9 Å². The molecule has 288 valence electrons. The first kappa shape index (κ1) is 44.0. The standard InChI is InChI=1S/C43H76N2O5/c1-20-21-22-31(29-23-32(38(3,4)5)35(46)33(24-29)39(6,7)8)34(36(47)49-28(2)25-41(12,13)44(18)40(9,10)11)37(48)50-30-26-42(14,15)45(19)43(16,17)27-30/h23-24,28,30-31,34,46H,20-22,25-27H2,1-19H3. The maximum Gasteiger partial charge on any atom is 0.321 e. The van der Waals surface area contributed by atoms with Gasteiger partial charge in [-0.25, -0.2) is 0 Å². The number of phenols is 1. The lowest BCUT2D eigenvalue weighted by atomic mass is 9.74.